The number of nitrogens with one attached hydrogen (secondary N) is 2. The predicted octanol–water partition coefficient (Wildman–Crippen LogP) is 2.64. The Bertz CT molecular complexity index is 1040. The van der Waals surface area contributed by atoms with E-state index in [2.05, 4.69) is 20.5 Å². The Kier molecular flexibility index (Phi) is 5.21. The molecule has 32 heavy (non-hydrogen) atoms. The van der Waals surface area contributed by atoms with E-state index in [-0.39, 0.29) is 11.9 Å². The van der Waals surface area contributed by atoms with E-state index in [9.17, 15) is 9.59 Å². The van der Waals surface area contributed by atoms with Crippen LogP contribution in [-0.2, 0) is 9.53 Å². The average molecular weight is 437 g/mol. The normalized spacial score (nSPS) is 22.2. The van der Waals surface area contributed by atoms with Crippen molar-refractivity contribution >= 4 is 29.1 Å². The number of ether oxygens (including phenoxy) is 1. The molecule has 9 nitrogen and oxygen atoms in total. The van der Waals surface area contributed by atoms with Crippen LogP contribution in [-0.4, -0.2) is 60.3 Å². The lowest BCUT2D eigenvalue weighted by molar-refractivity contribution is -0.127. The molecule has 0 bridgehead atoms. The molecule has 0 unspecified atom stereocenters. The average Bonchev–Trinajstić information content (AvgIpc) is 3.61. The topological polar surface area (TPSA) is 99.7 Å². The molecule has 3 heterocycles. The van der Waals surface area contributed by atoms with Crippen LogP contribution in [0.4, 0.5) is 22.0 Å². The van der Waals surface area contributed by atoms with E-state index in [0.29, 0.717) is 50.3 Å². The fourth-order valence-corrected chi connectivity index (χ4v) is 4.34. The van der Waals surface area contributed by atoms with Crippen LogP contribution in [0.1, 0.15) is 26.7 Å². The lowest BCUT2D eigenvalue weighted by Gasteiger charge is -2.50. The number of hydrogen-bond donors (Lipinski definition) is 2. The summed E-state index contributed by atoms with van der Waals surface area (Å²) < 4.78 is 5.70. The number of nitrogens with zero attached hydrogens (tertiary/aromatic N) is 4. The zero-order chi connectivity index (χ0) is 22.3. The second-order valence-electron chi connectivity index (χ2n) is 8.80. The first kappa shape index (κ1) is 20.7. The first-order valence-corrected chi connectivity index (χ1v) is 11.2. The molecule has 168 valence electrons. The molecule has 1 aromatic carbocycles. The summed E-state index contributed by atoms with van der Waals surface area (Å²) in [7, 11) is 0. The van der Waals surface area contributed by atoms with Crippen LogP contribution in [0.15, 0.2) is 30.5 Å². The highest BCUT2D eigenvalue weighted by Gasteiger charge is 2.51. The van der Waals surface area contributed by atoms with Gasteiger partial charge in [-0.1, -0.05) is 0 Å². The van der Waals surface area contributed by atoms with Gasteiger partial charge in [0.05, 0.1) is 19.4 Å². The van der Waals surface area contributed by atoms with E-state index in [0.717, 1.165) is 29.9 Å². The summed E-state index contributed by atoms with van der Waals surface area (Å²) in [5.41, 5.74) is 1.56. The smallest absolute Gasteiger partial charge is 0.319 e. The third-order valence-electron chi connectivity index (χ3n) is 6.32. The highest BCUT2D eigenvalue weighted by Crippen LogP contribution is 2.43. The molecule has 1 aromatic heterocycles. The maximum atomic E-state index is 13.4. The molecule has 9 heteroatoms. The van der Waals surface area contributed by atoms with Crippen molar-refractivity contribution < 1.29 is 14.3 Å². The highest BCUT2D eigenvalue weighted by molar-refractivity contribution is 6.08. The van der Waals surface area contributed by atoms with Crippen LogP contribution in [0.5, 0.6) is 0 Å². The zero-order valence-corrected chi connectivity index (χ0v) is 18.4. The van der Waals surface area contributed by atoms with Gasteiger partial charge >= 0.3 is 6.03 Å². The van der Waals surface area contributed by atoms with Gasteiger partial charge in [-0.2, -0.15) is 0 Å². The molecule has 0 spiro atoms. The quantitative estimate of drug-likeness (QED) is 0.748. The Hall–Kier alpha value is -3.20. The second-order valence-corrected chi connectivity index (χ2v) is 8.80. The molecular formula is C23H28N6O3. The molecule has 2 aliphatic heterocycles. The molecular weight excluding hydrogens is 408 g/mol. The number of anilines is 3. The molecule has 5 rings (SSSR count). The van der Waals surface area contributed by atoms with Crippen molar-refractivity contribution in [3.8, 4) is 11.4 Å². The Morgan fingerprint density at radius 1 is 1.28 bits per heavy atom. The molecule has 2 N–H and O–H groups in total. The first-order valence-electron chi connectivity index (χ1n) is 11.2. The first-order chi connectivity index (χ1) is 15.5. The van der Waals surface area contributed by atoms with Gasteiger partial charge in [-0.05, 0) is 56.9 Å². The fourth-order valence-electron chi connectivity index (χ4n) is 4.34. The third-order valence-corrected chi connectivity index (χ3v) is 6.32. The molecule has 0 radical (unpaired) electrons. The van der Waals surface area contributed by atoms with E-state index < -0.39 is 5.54 Å². The van der Waals surface area contributed by atoms with Crippen LogP contribution in [0.3, 0.4) is 0 Å². The third kappa shape index (κ3) is 3.66. The van der Waals surface area contributed by atoms with Crippen molar-refractivity contribution in [1.29, 1.82) is 0 Å². The van der Waals surface area contributed by atoms with Crippen molar-refractivity contribution in [2.75, 3.05) is 48.0 Å². The predicted molar refractivity (Wildman–Crippen MR) is 122 cm³/mol. The minimum atomic E-state index is -0.758. The number of carbonyl (C=O) groups excluding carboxylic acids is 2. The summed E-state index contributed by atoms with van der Waals surface area (Å²) in [6.45, 7) is 6.61. The molecule has 2 fully saturated rings. The summed E-state index contributed by atoms with van der Waals surface area (Å²) in [6, 6.07) is 7.19. The molecule has 3 aliphatic rings. The number of rotatable bonds is 5. The van der Waals surface area contributed by atoms with Crippen LogP contribution in [0.25, 0.3) is 11.4 Å². The van der Waals surface area contributed by atoms with Gasteiger partial charge in [0.1, 0.15) is 11.2 Å². The Morgan fingerprint density at radius 2 is 2.06 bits per heavy atom. The van der Waals surface area contributed by atoms with Gasteiger partial charge in [0, 0.05) is 30.9 Å². The number of urea groups is 1. The van der Waals surface area contributed by atoms with Crippen molar-refractivity contribution in [2.45, 2.75) is 32.2 Å². The number of benzene rings is 1. The highest BCUT2D eigenvalue weighted by atomic mass is 16.5. The van der Waals surface area contributed by atoms with Gasteiger partial charge in [-0.3, -0.25) is 4.79 Å². The Balaban J connectivity index is 1.48. The van der Waals surface area contributed by atoms with E-state index in [1.807, 2.05) is 43.0 Å². The van der Waals surface area contributed by atoms with Crippen molar-refractivity contribution in [3.63, 3.8) is 0 Å². The van der Waals surface area contributed by atoms with Gasteiger partial charge < -0.3 is 25.2 Å². The summed E-state index contributed by atoms with van der Waals surface area (Å²) in [4.78, 5) is 38.6. The molecule has 2 aromatic rings. The monoisotopic (exact) mass is 436 g/mol. The van der Waals surface area contributed by atoms with E-state index in [1.54, 1.807) is 6.20 Å². The van der Waals surface area contributed by atoms with Crippen LogP contribution < -0.4 is 20.4 Å². The molecule has 1 atom stereocenters. The molecule has 3 amide bonds. The molecule has 1 aliphatic carbocycles. The number of carbonyl (C=O) groups is 2. The summed E-state index contributed by atoms with van der Waals surface area (Å²) in [6.07, 6.45) is 4.09. The largest absolute Gasteiger partial charge is 0.377 e. The van der Waals surface area contributed by atoms with E-state index >= 15 is 0 Å². The minimum Gasteiger partial charge on any atom is -0.377 e. The zero-order valence-electron chi connectivity index (χ0n) is 18.4. The van der Waals surface area contributed by atoms with Crippen LogP contribution in [0.2, 0.25) is 0 Å². The van der Waals surface area contributed by atoms with Gasteiger partial charge in [-0.15, -0.1) is 0 Å². The Labute approximate surface area is 187 Å². The number of hydrogen-bond acceptors (Lipinski definition) is 6. The minimum absolute atomic E-state index is 0.0636. The van der Waals surface area contributed by atoms with Gasteiger partial charge in [-0.25, -0.2) is 14.8 Å². The molecule has 1 saturated carbocycles. The summed E-state index contributed by atoms with van der Waals surface area (Å²) in [5.74, 6) is 1.98. The SMILES string of the molecule is CCNC(=O)Nc1ccc(-c2ncc3c(n2)N2CCOC[C@]2(C)C(=O)N3CC2CC2)cc1. The standard InChI is InChI=1S/C23H28N6O3/c1-3-24-22(31)26-17-8-6-16(7-9-17)19-25-12-18-20(27-19)29-10-11-32-14-23(29,2)21(30)28(18)13-15-4-5-15/h6-9,12,15H,3-5,10-11,13-14H2,1-2H3,(H2,24,26,31)/t23-/m1/s1. The number of fused-ring (bicyclic) bond motifs is 3. The molecule has 1 saturated heterocycles. The van der Waals surface area contributed by atoms with Gasteiger partial charge in [0.15, 0.2) is 11.6 Å². The number of amides is 3. The lowest BCUT2D eigenvalue weighted by atomic mass is 9.93. The lowest BCUT2D eigenvalue weighted by Crippen LogP contribution is -2.67. The van der Waals surface area contributed by atoms with E-state index in [1.165, 1.54) is 0 Å². The van der Waals surface area contributed by atoms with Crippen LogP contribution >= 0.6 is 0 Å². The summed E-state index contributed by atoms with van der Waals surface area (Å²) in [5, 5.41) is 5.50. The van der Waals surface area contributed by atoms with Crippen molar-refractivity contribution in [1.82, 2.24) is 15.3 Å². The maximum Gasteiger partial charge on any atom is 0.319 e. The second kappa shape index (κ2) is 8.05. The fraction of sp³-hybridized carbons (Fsp3) is 0.478. The summed E-state index contributed by atoms with van der Waals surface area (Å²) >= 11 is 0. The van der Waals surface area contributed by atoms with Crippen LogP contribution in [0, 0.1) is 5.92 Å². The number of morpholine rings is 1. The van der Waals surface area contributed by atoms with Gasteiger partial charge in [0.25, 0.3) is 5.91 Å². The van der Waals surface area contributed by atoms with E-state index in [4.69, 9.17) is 9.72 Å². The number of aromatic nitrogens is 2. The van der Waals surface area contributed by atoms with Gasteiger partial charge in [0.2, 0.25) is 0 Å². The van der Waals surface area contributed by atoms with Crippen molar-refractivity contribution in [3.05, 3.63) is 30.5 Å². The maximum absolute atomic E-state index is 13.4. The van der Waals surface area contributed by atoms with Crippen molar-refractivity contribution in [2.24, 2.45) is 5.92 Å². The Morgan fingerprint density at radius 3 is 2.78 bits per heavy atom.